The van der Waals surface area contributed by atoms with E-state index >= 15 is 0 Å². The molecule has 0 saturated heterocycles. The monoisotopic (exact) mass is 389 g/mol. The number of rotatable bonds is 4. The molecule has 0 radical (unpaired) electrons. The minimum absolute atomic E-state index is 0.148. The number of nitrogens with one attached hydrogen (secondary N) is 1. The lowest BCUT2D eigenvalue weighted by atomic mass is 10.1. The van der Waals surface area contributed by atoms with Crippen molar-refractivity contribution in [2.45, 2.75) is 6.42 Å². The standard InChI is InChI=1S/C22H16ClN3O2/c23-17-10-6-9-16(14-17)21-24-19-12-5-4-11-18(19)22(28)26(21)25-20(27)13-15-7-2-1-3-8-15/h1-12,14H,13H2,(H,25,27). The van der Waals surface area contributed by atoms with Crippen LogP contribution in [0.3, 0.4) is 0 Å². The first-order valence-corrected chi connectivity index (χ1v) is 9.11. The van der Waals surface area contributed by atoms with E-state index in [-0.39, 0.29) is 17.9 Å². The SMILES string of the molecule is O=C(Cc1ccccc1)Nn1c(-c2cccc(Cl)c2)nc2ccccc2c1=O. The van der Waals surface area contributed by atoms with Gasteiger partial charge in [-0.05, 0) is 29.8 Å². The average Bonchev–Trinajstić information content (AvgIpc) is 2.71. The van der Waals surface area contributed by atoms with Gasteiger partial charge >= 0.3 is 0 Å². The van der Waals surface area contributed by atoms with E-state index in [2.05, 4.69) is 10.4 Å². The van der Waals surface area contributed by atoms with Gasteiger partial charge in [0.1, 0.15) is 0 Å². The molecule has 0 fully saturated rings. The lowest BCUT2D eigenvalue weighted by molar-refractivity contribution is -0.116. The van der Waals surface area contributed by atoms with Crippen molar-refractivity contribution < 1.29 is 4.79 Å². The van der Waals surface area contributed by atoms with E-state index in [1.165, 1.54) is 4.68 Å². The smallest absolute Gasteiger partial charge is 0.273 e. The third-order valence-electron chi connectivity index (χ3n) is 4.30. The maximum Gasteiger partial charge on any atom is 0.280 e. The predicted molar refractivity (Wildman–Crippen MR) is 111 cm³/mol. The van der Waals surface area contributed by atoms with Gasteiger partial charge in [-0.15, -0.1) is 0 Å². The number of hydrogen-bond acceptors (Lipinski definition) is 3. The summed E-state index contributed by atoms with van der Waals surface area (Å²) in [5.74, 6) is 0.0151. The number of fused-ring (bicyclic) bond motifs is 1. The lowest BCUT2D eigenvalue weighted by Crippen LogP contribution is -2.35. The van der Waals surface area contributed by atoms with Crippen molar-refractivity contribution in [3.8, 4) is 11.4 Å². The summed E-state index contributed by atoms with van der Waals surface area (Å²) in [6, 6.07) is 23.4. The second-order valence-electron chi connectivity index (χ2n) is 6.30. The molecule has 6 heteroatoms. The van der Waals surface area contributed by atoms with E-state index in [9.17, 15) is 9.59 Å². The molecule has 5 nitrogen and oxygen atoms in total. The molecule has 1 amide bonds. The van der Waals surface area contributed by atoms with Crippen LogP contribution < -0.4 is 11.0 Å². The van der Waals surface area contributed by atoms with Gasteiger partial charge < -0.3 is 0 Å². The molecular formula is C22H16ClN3O2. The first-order valence-electron chi connectivity index (χ1n) is 8.73. The number of carbonyl (C=O) groups is 1. The fourth-order valence-electron chi connectivity index (χ4n) is 3.00. The summed E-state index contributed by atoms with van der Waals surface area (Å²) in [5.41, 5.74) is 4.39. The fraction of sp³-hybridized carbons (Fsp3) is 0.0455. The second kappa shape index (κ2) is 7.66. The topological polar surface area (TPSA) is 64.0 Å². The summed E-state index contributed by atoms with van der Waals surface area (Å²) in [5, 5.41) is 0.940. The second-order valence-corrected chi connectivity index (χ2v) is 6.74. The highest BCUT2D eigenvalue weighted by molar-refractivity contribution is 6.30. The van der Waals surface area contributed by atoms with Crippen LogP contribution in [0.5, 0.6) is 0 Å². The molecule has 0 atom stereocenters. The van der Waals surface area contributed by atoms with Crippen molar-refractivity contribution in [1.82, 2.24) is 9.66 Å². The minimum Gasteiger partial charge on any atom is -0.273 e. The van der Waals surface area contributed by atoms with E-state index in [1.54, 1.807) is 42.5 Å². The Morgan fingerprint density at radius 1 is 0.964 bits per heavy atom. The Hall–Kier alpha value is -3.44. The highest BCUT2D eigenvalue weighted by Gasteiger charge is 2.15. The zero-order valence-corrected chi connectivity index (χ0v) is 15.6. The third kappa shape index (κ3) is 3.66. The molecule has 1 aromatic heterocycles. The van der Waals surface area contributed by atoms with Crippen LogP contribution in [0.1, 0.15) is 5.56 Å². The lowest BCUT2D eigenvalue weighted by Gasteiger charge is -2.15. The zero-order chi connectivity index (χ0) is 19.5. The molecule has 3 aromatic carbocycles. The maximum absolute atomic E-state index is 13.1. The Kier molecular flexibility index (Phi) is 4.91. The average molecular weight is 390 g/mol. The van der Waals surface area contributed by atoms with Crippen LogP contribution in [0.15, 0.2) is 83.7 Å². The summed E-state index contributed by atoms with van der Waals surface area (Å²) in [6.45, 7) is 0. The van der Waals surface area contributed by atoms with Gasteiger partial charge in [0, 0.05) is 10.6 Å². The van der Waals surface area contributed by atoms with Crippen molar-refractivity contribution in [2.24, 2.45) is 0 Å². The number of amides is 1. The predicted octanol–water partition coefficient (Wildman–Crippen LogP) is 4.03. The van der Waals surface area contributed by atoms with Crippen LogP contribution >= 0.6 is 11.6 Å². The molecule has 0 unspecified atom stereocenters. The molecule has 4 rings (SSSR count). The first kappa shape index (κ1) is 17.9. The van der Waals surface area contributed by atoms with Crippen molar-refractivity contribution in [3.63, 3.8) is 0 Å². The zero-order valence-electron chi connectivity index (χ0n) is 14.8. The van der Waals surface area contributed by atoms with Crippen molar-refractivity contribution in [1.29, 1.82) is 0 Å². The van der Waals surface area contributed by atoms with Crippen molar-refractivity contribution >= 4 is 28.4 Å². The molecule has 1 N–H and O–H groups in total. The van der Waals surface area contributed by atoms with Gasteiger partial charge in [-0.25, -0.2) is 4.98 Å². The summed E-state index contributed by atoms with van der Waals surface area (Å²) in [7, 11) is 0. The Morgan fingerprint density at radius 3 is 2.50 bits per heavy atom. The molecule has 0 aliphatic rings. The van der Waals surface area contributed by atoms with Gasteiger partial charge in [0.25, 0.3) is 5.56 Å². The Morgan fingerprint density at radius 2 is 1.71 bits per heavy atom. The first-order chi connectivity index (χ1) is 13.6. The number of carbonyl (C=O) groups excluding carboxylic acids is 1. The quantitative estimate of drug-likeness (QED) is 0.573. The number of nitrogens with zero attached hydrogens (tertiary/aromatic N) is 2. The van der Waals surface area contributed by atoms with E-state index in [0.717, 1.165) is 5.56 Å². The number of halogens is 1. The number of benzene rings is 3. The Balaban J connectivity index is 1.81. The van der Waals surface area contributed by atoms with Crippen LogP contribution in [0.2, 0.25) is 5.02 Å². The highest BCUT2D eigenvalue weighted by atomic mass is 35.5. The molecule has 0 spiro atoms. The van der Waals surface area contributed by atoms with Crippen LogP contribution in [0, 0.1) is 0 Å². The highest BCUT2D eigenvalue weighted by Crippen LogP contribution is 2.21. The van der Waals surface area contributed by atoms with Crippen LogP contribution in [0.25, 0.3) is 22.3 Å². The third-order valence-corrected chi connectivity index (χ3v) is 4.54. The number of aromatic nitrogens is 2. The van der Waals surface area contributed by atoms with Gasteiger partial charge in [-0.3, -0.25) is 15.0 Å². The van der Waals surface area contributed by atoms with Crippen LogP contribution in [-0.4, -0.2) is 15.6 Å². The van der Waals surface area contributed by atoms with E-state index < -0.39 is 0 Å². The minimum atomic E-state index is -0.345. The van der Waals surface area contributed by atoms with Gasteiger partial charge in [0.2, 0.25) is 5.91 Å². The molecule has 0 aliphatic heterocycles. The molecule has 138 valence electrons. The number of para-hydroxylation sites is 1. The summed E-state index contributed by atoms with van der Waals surface area (Å²) < 4.78 is 1.19. The molecule has 0 bridgehead atoms. The van der Waals surface area contributed by atoms with E-state index in [1.807, 2.05) is 36.4 Å². The van der Waals surface area contributed by atoms with Gasteiger partial charge in [-0.2, -0.15) is 4.68 Å². The summed E-state index contributed by atoms with van der Waals surface area (Å²) >= 11 is 6.12. The molecule has 1 heterocycles. The molecule has 4 aromatic rings. The van der Waals surface area contributed by atoms with Crippen molar-refractivity contribution in [2.75, 3.05) is 5.43 Å². The Bertz CT molecular complexity index is 1220. The molecule has 28 heavy (non-hydrogen) atoms. The summed E-state index contributed by atoms with van der Waals surface area (Å²) in [6.07, 6.45) is 0.148. The van der Waals surface area contributed by atoms with Gasteiger partial charge in [0.15, 0.2) is 5.82 Å². The molecule has 0 aliphatic carbocycles. The van der Waals surface area contributed by atoms with Gasteiger partial charge in [0.05, 0.1) is 17.3 Å². The van der Waals surface area contributed by atoms with Crippen LogP contribution in [0.4, 0.5) is 0 Å². The summed E-state index contributed by atoms with van der Waals surface area (Å²) in [4.78, 5) is 30.3. The normalized spacial score (nSPS) is 10.8. The maximum atomic E-state index is 13.1. The van der Waals surface area contributed by atoms with Gasteiger partial charge in [-0.1, -0.05) is 66.2 Å². The van der Waals surface area contributed by atoms with Crippen LogP contribution in [-0.2, 0) is 11.2 Å². The fourth-order valence-corrected chi connectivity index (χ4v) is 3.19. The largest absolute Gasteiger partial charge is 0.280 e. The Labute approximate surface area is 166 Å². The number of hydrogen-bond donors (Lipinski definition) is 1. The molecule has 0 saturated carbocycles. The van der Waals surface area contributed by atoms with Crippen molar-refractivity contribution in [3.05, 3.63) is 99.8 Å². The van der Waals surface area contributed by atoms with E-state index in [4.69, 9.17) is 11.6 Å². The molecular weight excluding hydrogens is 374 g/mol. The van der Waals surface area contributed by atoms with E-state index in [0.29, 0.717) is 27.3 Å².